The molecule has 0 saturated heterocycles. The lowest BCUT2D eigenvalue weighted by atomic mass is 10.1. The Morgan fingerprint density at radius 1 is 1.06 bits per heavy atom. The van der Waals surface area contributed by atoms with Crippen LogP contribution in [0.4, 0.5) is 0 Å². The lowest BCUT2D eigenvalue weighted by molar-refractivity contribution is 0.472. The molecule has 1 rings (SSSR count). The van der Waals surface area contributed by atoms with E-state index in [0.29, 0.717) is 11.1 Å². The first-order valence-electron chi connectivity index (χ1n) is 4.46. The van der Waals surface area contributed by atoms with Gasteiger partial charge in [0.2, 0.25) is 0 Å². The summed E-state index contributed by atoms with van der Waals surface area (Å²) in [6, 6.07) is 3.47. The predicted octanol–water partition coefficient (Wildman–Crippen LogP) is 2.16. The second-order valence-electron chi connectivity index (χ2n) is 3.00. The van der Waals surface area contributed by atoms with Crippen LogP contribution in [0.5, 0.6) is 5.75 Å². The van der Waals surface area contributed by atoms with Gasteiger partial charge in [0.1, 0.15) is 5.75 Å². The van der Waals surface area contributed by atoms with Crippen LogP contribution in [0.3, 0.4) is 0 Å². The minimum absolute atomic E-state index is 0. The number of phenolic OH excluding ortho intramolecular Hbond substituents is 1. The lowest BCUT2D eigenvalue weighted by Gasteiger charge is -2.02. The Morgan fingerprint density at radius 2 is 1.50 bits per heavy atom. The molecule has 0 aliphatic carbocycles. The summed E-state index contributed by atoms with van der Waals surface area (Å²) >= 11 is 0. The van der Waals surface area contributed by atoms with Gasteiger partial charge in [0.25, 0.3) is 0 Å². The quantitative estimate of drug-likeness (QED) is 0.648. The van der Waals surface area contributed by atoms with E-state index in [-0.39, 0.29) is 8.60 Å². The van der Waals surface area contributed by atoms with Crippen LogP contribution in [-0.2, 0) is 0 Å². The second-order valence-corrected chi connectivity index (χ2v) is 3.00. The van der Waals surface area contributed by atoms with Crippen LogP contribution in [0.2, 0.25) is 0 Å². The highest BCUT2D eigenvalue weighted by Gasteiger charge is 2.04. The maximum absolute atomic E-state index is 9.82. The fourth-order valence-corrected chi connectivity index (χ4v) is 1.18. The number of aryl methyl sites for hydroxylation is 1. The summed E-state index contributed by atoms with van der Waals surface area (Å²) in [7, 11) is 0. The normalized spacial score (nSPS) is 7.44. The van der Waals surface area contributed by atoms with Crippen molar-refractivity contribution in [1.82, 2.24) is 0 Å². The van der Waals surface area contributed by atoms with Gasteiger partial charge in [-0.2, -0.15) is 0 Å². The number of rotatable bonds is 0. The predicted molar refractivity (Wildman–Crippen MR) is 68.5 cm³/mol. The molecule has 0 atom stereocenters. The molecule has 0 aromatic heterocycles. The maximum atomic E-state index is 9.82. The molecular weight excluding hydrogens is 196 g/mol. The summed E-state index contributed by atoms with van der Waals surface area (Å²) in [6.07, 6.45) is 10.0. The van der Waals surface area contributed by atoms with E-state index >= 15 is 0 Å². The van der Waals surface area contributed by atoms with E-state index in [2.05, 4.69) is 35.5 Å². The van der Waals surface area contributed by atoms with Crippen molar-refractivity contribution in [3.63, 3.8) is 0 Å². The smallest absolute Gasteiger partial charge is 0.146 e. The molecule has 0 aliphatic heterocycles. The van der Waals surface area contributed by atoms with Crippen LogP contribution < -0.4 is 0 Å². The number of hydrogen-bond acceptors (Lipinski definition) is 1. The monoisotopic (exact) mass is 208 g/mol. The van der Waals surface area contributed by atoms with Crippen molar-refractivity contribution in [1.29, 1.82) is 0 Å². The summed E-state index contributed by atoms with van der Waals surface area (Å²) in [5.41, 5.74) is 1.85. The first-order chi connectivity index (χ1) is 7.69. The van der Waals surface area contributed by atoms with E-state index < -0.39 is 0 Å². The van der Waals surface area contributed by atoms with Crippen molar-refractivity contribution in [3.8, 4) is 54.1 Å². The molecule has 0 amide bonds. The minimum Gasteiger partial charge on any atom is -0.505 e. The second kappa shape index (κ2) is 5.22. The first-order valence-corrected chi connectivity index (χ1v) is 4.46. The average molecular weight is 208 g/mol. The molecule has 0 heterocycles. The molecule has 78 valence electrons. The van der Waals surface area contributed by atoms with Crippen molar-refractivity contribution in [2.45, 2.75) is 6.92 Å². The molecule has 1 aromatic rings. The van der Waals surface area contributed by atoms with E-state index in [0.717, 1.165) is 5.56 Å². The number of hydrogen-bond donors (Lipinski definition) is 1. The molecule has 1 aromatic carbocycles. The molecule has 0 aliphatic rings. The number of phenols is 1. The van der Waals surface area contributed by atoms with Gasteiger partial charge in [-0.25, -0.2) is 0 Å². The van der Waals surface area contributed by atoms with Crippen molar-refractivity contribution in [2.24, 2.45) is 0 Å². The van der Waals surface area contributed by atoms with Crippen LogP contribution in [0.1, 0.15) is 19.5 Å². The molecule has 1 nitrogen and oxygen atoms in total. The Hall–Kier alpha value is -2.74. The lowest BCUT2D eigenvalue weighted by Crippen LogP contribution is -1.85. The van der Waals surface area contributed by atoms with Crippen LogP contribution in [0, 0.1) is 55.3 Å². The van der Waals surface area contributed by atoms with Crippen LogP contribution in [0.25, 0.3) is 0 Å². The van der Waals surface area contributed by atoms with E-state index in [1.165, 1.54) is 0 Å². The topological polar surface area (TPSA) is 20.2 Å². The Balaban J connectivity index is 0. The zero-order valence-electron chi connectivity index (χ0n) is 8.76. The SMILES string of the molecule is C#CC#Cc1cc(C)cc(C#CC#C)c1O.[HH].[HH]. The molecule has 0 unspecified atom stereocenters. The van der Waals surface area contributed by atoms with Crippen LogP contribution >= 0.6 is 0 Å². The molecule has 0 radical (unpaired) electrons. The average Bonchev–Trinajstić information content (AvgIpc) is 2.28. The Bertz CT molecular complexity index is 570. The fraction of sp³-hybridized carbons (Fsp3) is 0.0667. The largest absolute Gasteiger partial charge is 0.505 e. The molecule has 0 fully saturated rings. The third kappa shape index (κ3) is 2.62. The molecular formula is C15H12O. The van der Waals surface area contributed by atoms with Gasteiger partial charge in [0, 0.05) is 2.85 Å². The summed E-state index contributed by atoms with van der Waals surface area (Å²) in [4.78, 5) is 0. The molecule has 0 bridgehead atoms. The van der Waals surface area contributed by atoms with Gasteiger partial charge in [-0.3, -0.25) is 0 Å². The van der Waals surface area contributed by atoms with Crippen molar-refractivity contribution < 1.29 is 7.96 Å². The Labute approximate surface area is 98.5 Å². The van der Waals surface area contributed by atoms with Gasteiger partial charge in [-0.05, 0) is 60.1 Å². The molecule has 1 heteroatoms. The summed E-state index contributed by atoms with van der Waals surface area (Å²) < 4.78 is 0. The van der Waals surface area contributed by atoms with Gasteiger partial charge in [0.15, 0.2) is 0 Å². The van der Waals surface area contributed by atoms with E-state index in [9.17, 15) is 5.11 Å². The van der Waals surface area contributed by atoms with Gasteiger partial charge in [0.05, 0.1) is 11.1 Å². The van der Waals surface area contributed by atoms with Gasteiger partial charge in [-0.1, -0.05) is 0 Å². The Morgan fingerprint density at radius 3 is 1.88 bits per heavy atom. The van der Waals surface area contributed by atoms with Crippen molar-refractivity contribution >= 4 is 0 Å². The summed E-state index contributed by atoms with van der Waals surface area (Å²) in [5, 5.41) is 9.82. The van der Waals surface area contributed by atoms with E-state index in [1.807, 2.05) is 6.92 Å². The summed E-state index contributed by atoms with van der Waals surface area (Å²) in [5.74, 6) is 14.6. The van der Waals surface area contributed by atoms with Gasteiger partial charge in [-0.15, -0.1) is 12.8 Å². The van der Waals surface area contributed by atoms with Gasteiger partial charge < -0.3 is 5.11 Å². The minimum atomic E-state index is 0. The number of benzene rings is 1. The summed E-state index contributed by atoms with van der Waals surface area (Å²) in [6.45, 7) is 1.88. The number of terminal acetylenes is 2. The van der Waals surface area contributed by atoms with Crippen molar-refractivity contribution in [3.05, 3.63) is 28.8 Å². The third-order valence-electron chi connectivity index (χ3n) is 1.79. The Kier molecular flexibility index (Phi) is 3.70. The first kappa shape index (κ1) is 11.3. The highest BCUT2D eigenvalue weighted by atomic mass is 16.3. The molecule has 16 heavy (non-hydrogen) atoms. The van der Waals surface area contributed by atoms with Crippen molar-refractivity contribution in [2.75, 3.05) is 0 Å². The zero-order valence-corrected chi connectivity index (χ0v) is 8.76. The third-order valence-corrected chi connectivity index (χ3v) is 1.79. The highest BCUT2D eigenvalue weighted by Crippen LogP contribution is 2.22. The highest BCUT2D eigenvalue weighted by molar-refractivity contribution is 5.59. The fourth-order valence-electron chi connectivity index (χ4n) is 1.18. The van der Waals surface area contributed by atoms with E-state index in [4.69, 9.17) is 12.8 Å². The van der Waals surface area contributed by atoms with Crippen LogP contribution in [-0.4, -0.2) is 5.11 Å². The van der Waals surface area contributed by atoms with Crippen LogP contribution in [0.15, 0.2) is 12.1 Å². The maximum Gasteiger partial charge on any atom is 0.146 e. The van der Waals surface area contributed by atoms with E-state index in [1.54, 1.807) is 12.1 Å². The standard InChI is InChI=1S/C15H8O.2H2/c1-4-6-8-13-10-12(3)11-14(15(13)16)9-7-5-2;;/h1-2,10-11,16H,3H3;2*1H. The van der Waals surface area contributed by atoms with Gasteiger partial charge >= 0.3 is 0 Å². The molecule has 0 saturated carbocycles. The molecule has 0 spiro atoms. The number of aromatic hydroxyl groups is 1. The zero-order chi connectivity index (χ0) is 12.0. The molecule has 1 N–H and O–H groups in total.